The number of rotatable bonds is 7. The lowest BCUT2D eigenvalue weighted by molar-refractivity contribution is 0.0931. The van der Waals surface area contributed by atoms with Crippen LogP contribution in [0.5, 0.6) is 5.88 Å². The van der Waals surface area contributed by atoms with Gasteiger partial charge in [0.05, 0.1) is 0 Å². The van der Waals surface area contributed by atoms with Crippen LogP contribution in [0.4, 0.5) is 0 Å². The third-order valence-electron chi connectivity index (χ3n) is 4.76. The fourth-order valence-corrected chi connectivity index (χ4v) is 3.62. The van der Waals surface area contributed by atoms with E-state index in [1.807, 2.05) is 0 Å². The molecule has 2 aliphatic rings. The second-order valence-corrected chi connectivity index (χ2v) is 9.45. The molecule has 1 N–H and O–H groups in total. The van der Waals surface area contributed by atoms with Crippen molar-refractivity contribution in [2.45, 2.75) is 69.9 Å². The van der Waals surface area contributed by atoms with Crippen molar-refractivity contribution in [3.8, 4) is 5.88 Å². The number of ether oxygens (including phenoxy) is 1. The molecule has 2 aliphatic carbocycles. The van der Waals surface area contributed by atoms with E-state index >= 15 is 0 Å². The highest BCUT2D eigenvalue weighted by Crippen LogP contribution is 2.39. The van der Waals surface area contributed by atoms with Gasteiger partial charge in [-0.15, -0.1) is 0 Å². The van der Waals surface area contributed by atoms with Gasteiger partial charge in [-0.1, -0.05) is 12.5 Å². The first-order valence-electron chi connectivity index (χ1n) is 9.54. The standard InChI is InChI=1S/C19H27N3O4S/c1-13(10-11-27(2,24)25)21-18(23)16-12-20-17(14-8-9-14)22-19(16)26-15-6-4-3-5-7-15/h10-15H,3-9H2,1-2H3,(H,21,23)/b11-10+/t13-/m0/s1. The SMILES string of the molecule is C[C@@H](/C=C/S(C)(=O)=O)NC(=O)c1cnc(C2CC2)nc1OC1CCCCC1. The van der Waals surface area contributed by atoms with Gasteiger partial charge >= 0.3 is 0 Å². The summed E-state index contributed by atoms with van der Waals surface area (Å²) in [6.07, 6.45) is 11.7. The summed E-state index contributed by atoms with van der Waals surface area (Å²) in [7, 11) is -3.24. The molecule has 0 bridgehead atoms. The molecule has 2 fully saturated rings. The number of nitrogens with one attached hydrogen (secondary N) is 1. The van der Waals surface area contributed by atoms with Gasteiger partial charge in [0.25, 0.3) is 5.91 Å². The zero-order valence-electron chi connectivity index (χ0n) is 15.8. The minimum absolute atomic E-state index is 0.0785. The summed E-state index contributed by atoms with van der Waals surface area (Å²) in [5.74, 6) is 1.08. The van der Waals surface area contributed by atoms with Gasteiger partial charge in [-0.25, -0.2) is 13.4 Å². The molecule has 3 rings (SSSR count). The first-order valence-corrected chi connectivity index (χ1v) is 11.5. The quantitative estimate of drug-likeness (QED) is 0.765. The molecule has 1 amide bonds. The van der Waals surface area contributed by atoms with Crippen LogP contribution in [0, 0.1) is 0 Å². The van der Waals surface area contributed by atoms with Crippen molar-refractivity contribution < 1.29 is 17.9 Å². The molecule has 8 heteroatoms. The molecule has 0 aliphatic heterocycles. The Bertz CT molecular complexity index is 812. The summed E-state index contributed by atoms with van der Waals surface area (Å²) in [6.45, 7) is 1.71. The summed E-state index contributed by atoms with van der Waals surface area (Å²) in [4.78, 5) is 21.6. The smallest absolute Gasteiger partial charge is 0.258 e. The van der Waals surface area contributed by atoms with E-state index in [9.17, 15) is 13.2 Å². The Labute approximate surface area is 160 Å². The van der Waals surface area contributed by atoms with E-state index in [4.69, 9.17) is 4.74 Å². The van der Waals surface area contributed by atoms with Gasteiger partial charge in [-0.05, 0) is 45.4 Å². The minimum atomic E-state index is -3.24. The number of hydrogen-bond acceptors (Lipinski definition) is 6. The maximum Gasteiger partial charge on any atom is 0.258 e. The molecule has 7 nitrogen and oxygen atoms in total. The number of amides is 1. The monoisotopic (exact) mass is 393 g/mol. The second-order valence-electron chi connectivity index (χ2n) is 7.52. The average Bonchev–Trinajstić information content (AvgIpc) is 3.45. The topological polar surface area (TPSA) is 98.2 Å². The van der Waals surface area contributed by atoms with E-state index in [0.717, 1.165) is 56.0 Å². The largest absolute Gasteiger partial charge is 0.474 e. The van der Waals surface area contributed by atoms with Crippen molar-refractivity contribution in [2.24, 2.45) is 0 Å². The molecule has 2 saturated carbocycles. The fourth-order valence-electron chi connectivity index (χ4n) is 3.10. The van der Waals surface area contributed by atoms with Crippen molar-refractivity contribution >= 4 is 15.7 Å². The number of aromatic nitrogens is 2. The molecule has 0 aromatic carbocycles. The van der Waals surface area contributed by atoms with E-state index in [-0.39, 0.29) is 12.0 Å². The van der Waals surface area contributed by atoms with Crippen LogP contribution in [-0.4, -0.2) is 42.7 Å². The van der Waals surface area contributed by atoms with E-state index in [1.165, 1.54) is 18.7 Å². The molecule has 0 radical (unpaired) electrons. The van der Waals surface area contributed by atoms with Gasteiger partial charge in [-0.3, -0.25) is 4.79 Å². The van der Waals surface area contributed by atoms with Gasteiger partial charge in [-0.2, -0.15) is 4.98 Å². The van der Waals surface area contributed by atoms with Crippen molar-refractivity contribution in [3.05, 3.63) is 29.1 Å². The van der Waals surface area contributed by atoms with E-state index < -0.39 is 15.9 Å². The van der Waals surface area contributed by atoms with Crippen molar-refractivity contribution in [3.63, 3.8) is 0 Å². The zero-order chi connectivity index (χ0) is 19.4. The molecule has 0 saturated heterocycles. The number of carbonyl (C=O) groups is 1. The molecule has 27 heavy (non-hydrogen) atoms. The maximum atomic E-state index is 12.7. The molecule has 1 aromatic heterocycles. The summed E-state index contributed by atoms with van der Waals surface area (Å²) in [5, 5.41) is 3.85. The highest BCUT2D eigenvalue weighted by atomic mass is 32.2. The summed E-state index contributed by atoms with van der Waals surface area (Å²) in [5.41, 5.74) is 0.296. The van der Waals surface area contributed by atoms with Crippen LogP contribution in [-0.2, 0) is 9.84 Å². The molecule has 1 heterocycles. The zero-order valence-corrected chi connectivity index (χ0v) is 16.7. The van der Waals surface area contributed by atoms with Gasteiger partial charge in [0, 0.05) is 29.8 Å². The van der Waals surface area contributed by atoms with Crippen LogP contribution in [0.2, 0.25) is 0 Å². The van der Waals surface area contributed by atoms with Crippen molar-refractivity contribution in [1.82, 2.24) is 15.3 Å². The Morgan fingerprint density at radius 1 is 1.26 bits per heavy atom. The molecule has 0 spiro atoms. The molecule has 1 aromatic rings. The van der Waals surface area contributed by atoms with Crippen molar-refractivity contribution in [1.29, 1.82) is 0 Å². The second kappa shape index (κ2) is 8.37. The normalized spacial score (nSPS) is 19.8. The fraction of sp³-hybridized carbons (Fsp3) is 0.632. The molecule has 0 unspecified atom stereocenters. The molecule has 1 atom stereocenters. The highest BCUT2D eigenvalue weighted by molar-refractivity contribution is 7.93. The number of nitrogens with zero attached hydrogens (tertiary/aromatic N) is 2. The van der Waals surface area contributed by atoms with E-state index in [0.29, 0.717) is 17.4 Å². The molecular formula is C19H27N3O4S. The first kappa shape index (κ1) is 19.8. The Morgan fingerprint density at radius 3 is 2.59 bits per heavy atom. The van der Waals surface area contributed by atoms with Crippen LogP contribution in [0.1, 0.15) is 74.0 Å². The number of hydrogen-bond donors (Lipinski definition) is 1. The Hall–Kier alpha value is -1.96. The van der Waals surface area contributed by atoms with E-state index in [1.54, 1.807) is 6.92 Å². The Balaban J connectivity index is 1.75. The summed E-state index contributed by atoms with van der Waals surface area (Å²) >= 11 is 0. The van der Waals surface area contributed by atoms with Crippen LogP contribution < -0.4 is 10.1 Å². The van der Waals surface area contributed by atoms with Gasteiger partial charge in [0.15, 0.2) is 9.84 Å². The van der Waals surface area contributed by atoms with Crippen molar-refractivity contribution in [2.75, 3.05) is 6.26 Å². The van der Waals surface area contributed by atoms with Gasteiger partial charge in [0.2, 0.25) is 5.88 Å². The highest BCUT2D eigenvalue weighted by Gasteiger charge is 2.29. The maximum absolute atomic E-state index is 12.7. The van der Waals surface area contributed by atoms with E-state index in [2.05, 4.69) is 15.3 Å². The summed E-state index contributed by atoms with van der Waals surface area (Å²) in [6, 6.07) is -0.446. The van der Waals surface area contributed by atoms with Gasteiger partial charge < -0.3 is 10.1 Å². The lowest BCUT2D eigenvalue weighted by atomic mass is 9.98. The van der Waals surface area contributed by atoms with Crippen LogP contribution in [0.3, 0.4) is 0 Å². The van der Waals surface area contributed by atoms with Gasteiger partial charge in [0.1, 0.15) is 17.5 Å². The third kappa shape index (κ3) is 6.02. The third-order valence-corrected chi connectivity index (χ3v) is 5.41. The van der Waals surface area contributed by atoms with Crippen LogP contribution >= 0.6 is 0 Å². The average molecular weight is 394 g/mol. The first-order chi connectivity index (χ1) is 12.8. The molecule has 148 valence electrons. The van der Waals surface area contributed by atoms with Crippen LogP contribution in [0.15, 0.2) is 17.7 Å². The predicted molar refractivity (Wildman–Crippen MR) is 102 cm³/mol. The van der Waals surface area contributed by atoms with Crippen LogP contribution in [0.25, 0.3) is 0 Å². The lowest BCUT2D eigenvalue weighted by Crippen LogP contribution is -2.32. The minimum Gasteiger partial charge on any atom is -0.474 e. The lowest BCUT2D eigenvalue weighted by Gasteiger charge is -2.23. The predicted octanol–water partition coefficient (Wildman–Crippen LogP) is 2.74. The Kier molecular flexibility index (Phi) is 6.14. The molecular weight excluding hydrogens is 366 g/mol. The number of carbonyl (C=O) groups excluding carboxylic acids is 1. The Morgan fingerprint density at radius 2 is 1.96 bits per heavy atom. The number of sulfone groups is 1. The summed E-state index contributed by atoms with van der Waals surface area (Å²) < 4.78 is 28.6.